The van der Waals surface area contributed by atoms with Crippen LogP contribution < -0.4 is 16.6 Å². The summed E-state index contributed by atoms with van der Waals surface area (Å²) in [5.41, 5.74) is 5.98. The van der Waals surface area contributed by atoms with E-state index < -0.39 is 12.0 Å². The van der Waals surface area contributed by atoms with E-state index in [0.717, 1.165) is 5.56 Å². The number of β-amino-alcohol motifs (C(OH)–C–C–N with tert-alkyl or cyclic N) is 1. The number of pyridine rings is 1. The fourth-order valence-corrected chi connectivity index (χ4v) is 1.81. The van der Waals surface area contributed by atoms with Gasteiger partial charge in [-0.3, -0.25) is 9.59 Å². The normalized spacial score (nSPS) is 18.7. The number of rotatable bonds is 2. The SMILES string of the molecule is NC(=O)Cn1ccc2c(c1=O)NCC(O)C2. The minimum atomic E-state index is -0.558. The van der Waals surface area contributed by atoms with Crippen LogP contribution in [0.5, 0.6) is 0 Å². The summed E-state index contributed by atoms with van der Waals surface area (Å²) in [7, 11) is 0. The first kappa shape index (κ1) is 10.7. The van der Waals surface area contributed by atoms with Crippen molar-refractivity contribution in [1.29, 1.82) is 0 Å². The predicted molar refractivity (Wildman–Crippen MR) is 58.1 cm³/mol. The summed E-state index contributed by atoms with van der Waals surface area (Å²) in [4.78, 5) is 22.6. The number of amides is 1. The molecule has 1 aliphatic rings. The van der Waals surface area contributed by atoms with Gasteiger partial charge in [-0.05, 0) is 11.6 Å². The highest BCUT2D eigenvalue weighted by Gasteiger charge is 2.19. The maximum Gasteiger partial charge on any atom is 0.274 e. The average Bonchev–Trinajstić information content (AvgIpc) is 2.22. The molecule has 0 saturated heterocycles. The molecule has 16 heavy (non-hydrogen) atoms. The molecule has 1 unspecified atom stereocenters. The zero-order valence-corrected chi connectivity index (χ0v) is 8.64. The molecule has 0 aromatic carbocycles. The Morgan fingerprint density at radius 2 is 2.44 bits per heavy atom. The summed E-state index contributed by atoms with van der Waals surface area (Å²) < 4.78 is 1.26. The van der Waals surface area contributed by atoms with Gasteiger partial charge in [-0.15, -0.1) is 0 Å². The van der Waals surface area contributed by atoms with Gasteiger partial charge in [0.25, 0.3) is 5.56 Å². The number of aliphatic hydroxyl groups excluding tert-OH is 1. The molecule has 0 saturated carbocycles. The van der Waals surface area contributed by atoms with Crippen LogP contribution in [0.1, 0.15) is 5.56 Å². The van der Waals surface area contributed by atoms with Crippen molar-refractivity contribution in [2.45, 2.75) is 19.1 Å². The minimum Gasteiger partial charge on any atom is -0.391 e. The van der Waals surface area contributed by atoms with Crippen LogP contribution in [0.4, 0.5) is 5.69 Å². The number of aliphatic hydroxyl groups is 1. The van der Waals surface area contributed by atoms with E-state index in [1.165, 1.54) is 10.8 Å². The predicted octanol–water partition coefficient (Wildman–Crippen LogP) is -1.34. The lowest BCUT2D eigenvalue weighted by molar-refractivity contribution is -0.118. The fourth-order valence-electron chi connectivity index (χ4n) is 1.81. The summed E-state index contributed by atoms with van der Waals surface area (Å²) >= 11 is 0. The second-order valence-corrected chi connectivity index (χ2v) is 3.85. The summed E-state index contributed by atoms with van der Waals surface area (Å²) in [5, 5.41) is 12.3. The van der Waals surface area contributed by atoms with E-state index >= 15 is 0 Å². The van der Waals surface area contributed by atoms with E-state index in [4.69, 9.17) is 5.73 Å². The topological polar surface area (TPSA) is 97.4 Å². The third-order valence-electron chi connectivity index (χ3n) is 2.55. The monoisotopic (exact) mass is 223 g/mol. The van der Waals surface area contributed by atoms with E-state index in [2.05, 4.69) is 5.32 Å². The van der Waals surface area contributed by atoms with E-state index in [1.807, 2.05) is 0 Å². The number of nitrogens with two attached hydrogens (primary N) is 1. The summed E-state index contributed by atoms with van der Waals surface area (Å²) in [5.74, 6) is -0.558. The molecule has 0 bridgehead atoms. The van der Waals surface area contributed by atoms with Crippen molar-refractivity contribution in [3.63, 3.8) is 0 Å². The largest absolute Gasteiger partial charge is 0.391 e. The molecule has 0 fully saturated rings. The Balaban J connectivity index is 2.40. The number of carbonyl (C=O) groups excluding carboxylic acids is 1. The second kappa shape index (κ2) is 3.97. The maximum atomic E-state index is 11.9. The van der Waals surface area contributed by atoms with Crippen LogP contribution in [0.2, 0.25) is 0 Å². The number of nitrogens with one attached hydrogen (secondary N) is 1. The molecule has 1 amide bonds. The molecule has 6 heteroatoms. The lowest BCUT2D eigenvalue weighted by Gasteiger charge is -2.22. The summed E-state index contributed by atoms with van der Waals surface area (Å²) in [6.07, 6.45) is 1.50. The molecule has 86 valence electrons. The lowest BCUT2D eigenvalue weighted by atomic mass is 10.0. The Morgan fingerprint density at radius 1 is 1.69 bits per heavy atom. The van der Waals surface area contributed by atoms with Crippen molar-refractivity contribution in [3.8, 4) is 0 Å². The number of primary amides is 1. The molecule has 1 atom stereocenters. The van der Waals surface area contributed by atoms with Gasteiger partial charge in [0.15, 0.2) is 0 Å². The Labute approximate surface area is 91.7 Å². The molecule has 2 heterocycles. The molecule has 2 rings (SSSR count). The molecular formula is C10H13N3O3. The van der Waals surface area contributed by atoms with Crippen molar-refractivity contribution < 1.29 is 9.90 Å². The molecule has 0 radical (unpaired) electrons. The minimum absolute atomic E-state index is 0.129. The molecule has 4 N–H and O–H groups in total. The molecule has 0 spiro atoms. The number of anilines is 1. The Bertz CT molecular complexity index is 481. The van der Waals surface area contributed by atoms with Crippen LogP contribution in [0, 0.1) is 0 Å². The lowest BCUT2D eigenvalue weighted by Crippen LogP contribution is -2.35. The number of fused-ring (bicyclic) bond motifs is 1. The smallest absolute Gasteiger partial charge is 0.274 e. The zero-order chi connectivity index (χ0) is 11.7. The molecule has 6 nitrogen and oxygen atoms in total. The van der Waals surface area contributed by atoms with Crippen molar-refractivity contribution in [2.24, 2.45) is 5.73 Å². The van der Waals surface area contributed by atoms with Crippen molar-refractivity contribution >= 4 is 11.6 Å². The first-order valence-corrected chi connectivity index (χ1v) is 5.00. The van der Waals surface area contributed by atoms with Gasteiger partial charge in [-0.25, -0.2) is 0 Å². The van der Waals surface area contributed by atoms with Crippen LogP contribution >= 0.6 is 0 Å². The van der Waals surface area contributed by atoms with Gasteiger partial charge in [0.2, 0.25) is 5.91 Å². The fraction of sp³-hybridized carbons (Fsp3) is 0.400. The van der Waals surface area contributed by atoms with Crippen molar-refractivity contribution in [3.05, 3.63) is 28.2 Å². The molecule has 1 aromatic heterocycles. The number of aromatic nitrogens is 1. The van der Waals surface area contributed by atoms with E-state index in [1.54, 1.807) is 6.07 Å². The van der Waals surface area contributed by atoms with Gasteiger partial charge in [-0.2, -0.15) is 0 Å². The van der Waals surface area contributed by atoms with Gasteiger partial charge in [-0.1, -0.05) is 0 Å². The highest BCUT2D eigenvalue weighted by molar-refractivity contribution is 5.73. The quantitative estimate of drug-likeness (QED) is 0.578. The molecular weight excluding hydrogens is 210 g/mol. The first-order chi connectivity index (χ1) is 7.58. The number of carbonyl (C=O) groups is 1. The van der Waals surface area contributed by atoms with E-state index in [9.17, 15) is 14.7 Å². The Hall–Kier alpha value is -1.82. The van der Waals surface area contributed by atoms with Gasteiger partial charge < -0.3 is 20.7 Å². The van der Waals surface area contributed by atoms with Crippen LogP contribution in [0.25, 0.3) is 0 Å². The van der Waals surface area contributed by atoms with Crippen LogP contribution in [0.15, 0.2) is 17.1 Å². The zero-order valence-electron chi connectivity index (χ0n) is 8.64. The van der Waals surface area contributed by atoms with E-state index in [-0.39, 0.29) is 12.1 Å². The molecule has 1 aromatic rings. The highest BCUT2D eigenvalue weighted by Crippen LogP contribution is 2.17. The first-order valence-electron chi connectivity index (χ1n) is 5.00. The number of nitrogens with zero attached hydrogens (tertiary/aromatic N) is 1. The third kappa shape index (κ3) is 1.92. The van der Waals surface area contributed by atoms with Crippen molar-refractivity contribution in [2.75, 3.05) is 11.9 Å². The van der Waals surface area contributed by atoms with Gasteiger partial charge in [0.05, 0.1) is 6.10 Å². The maximum absolute atomic E-state index is 11.9. The molecule has 1 aliphatic heterocycles. The Morgan fingerprint density at radius 3 is 3.12 bits per heavy atom. The van der Waals surface area contributed by atoms with Crippen LogP contribution in [-0.4, -0.2) is 28.2 Å². The third-order valence-corrected chi connectivity index (χ3v) is 2.55. The average molecular weight is 223 g/mol. The van der Waals surface area contributed by atoms with Gasteiger partial charge in [0, 0.05) is 19.2 Å². The van der Waals surface area contributed by atoms with Crippen molar-refractivity contribution in [1.82, 2.24) is 4.57 Å². The van der Waals surface area contributed by atoms with Crippen LogP contribution in [0.3, 0.4) is 0 Å². The molecule has 0 aliphatic carbocycles. The van der Waals surface area contributed by atoms with Crippen LogP contribution in [-0.2, 0) is 17.8 Å². The second-order valence-electron chi connectivity index (χ2n) is 3.85. The number of hydrogen-bond acceptors (Lipinski definition) is 4. The van der Waals surface area contributed by atoms with Gasteiger partial charge >= 0.3 is 0 Å². The summed E-state index contributed by atoms with van der Waals surface area (Å²) in [6.45, 7) is 0.221. The standard InChI is InChI=1S/C10H13N3O3/c11-8(15)5-13-2-1-6-3-7(14)4-12-9(6)10(13)16/h1-2,7,12,14H,3-5H2,(H2,11,15). The Kier molecular flexibility index (Phi) is 2.66. The highest BCUT2D eigenvalue weighted by atomic mass is 16.3. The summed E-state index contributed by atoms with van der Waals surface area (Å²) in [6, 6.07) is 1.72. The van der Waals surface area contributed by atoms with Gasteiger partial charge in [0.1, 0.15) is 12.2 Å². The number of hydrogen-bond donors (Lipinski definition) is 3. The van der Waals surface area contributed by atoms with E-state index in [0.29, 0.717) is 18.7 Å².